The van der Waals surface area contributed by atoms with Crippen LogP contribution in [-0.4, -0.2) is 43.2 Å². The fourth-order valence-corrected chi connectivity index (χ4v) is 1.73. The number of halogens is 1. The van der Waals surface area contributed by atoms with Crippen molar-refractivity contribution in [2.24, 2.45) is 0 Å². The van der Waals surface area contributed by atoms with Crippen LogP contribution >= 0.6 is 0 Å². The quantitative estimate of drug-likeness (QED) is 0.367. The van der Waals surface area contributed by atoms with Gasteiger partial charge < -0.3 is 27.1 Å². The van der Waals surface area contributed by atoms with Crippen LogP contribution in [0.3, 0.4) is 0 Å². The van der Waals surface area contributed by atoms with Crippen LogP contribution < -0.4 is 12.4 Å². The van der Waals surface area contributed by atoms with Crippen LogP contribution in [0.2, 0.25) is 0 Å². The molecule has 114 valence electrons. The zero-order chi connectivity index (χ0) is 13.4. The summed E-state index contributed by atoms with van der Waals surface area (Å²) in [6.45, 7) is 3.99. The SMILES string of the molecule is CC=CC(=O)OCC[N+](C)(C)Cc1ccccc1.O.[Cl-]. The lowest BCUT2D eigenvalue weighted by molar-refractivity contribution is -0.903. The van der Waals surface area contributed by atoms with E-state index in [2.05, 4.69) is 26.2 Å². The number of nitrogens with zero attached hydrogens (tertiary/aromatic N) is 1. The molecule has 1 aromatic rings. The molecule has 1 rings (SSSR count). The number of hydrogen-bond acceptors (Lipinski definition) is 2. The van der Waals surface area contributed by atoms with E-state index in [1.807, 2.05) is 18.2 Å². The molecule has 0 amide bonds. The Morgan fingerprint density at radius 2 is 1.85 bits per heavy atom. The van der Waals surface area contributed by atoms with Crippen molar-refractivity contribution in [2.75, 3.05) is 27.2 Å². The van der Waals surface area contributed by atoms with E-state index in [1.165, 1.54) is 11.6 Å². The molecule has 0 fully saturated rings. The van der Waals surface area contributed by atoms with E-state index < -0.39 is 0 Å². The van der Waals surface area contributed by atoms with Gasteiger partial charge in [0.2, 0.25) is 0 Å². The first-order chi connectivity index (χ1) is 8.53. The molecule has 0 aliphatic heterocycles. The molecule has 0 aliphatic rings. The van der Waals surface area contributed by atoms with Crippen LogP contribution in [0.25, 0.3) is 0 Å². The number of hydrogen-bond donors (Lipinski definition) is 0. The van der Waals surface area contributed by atoms with Gasteiger partial charge >= 0.3 is 5.97 Å². The first-order valence-electron chi connectivity index (χ1n) is 6.19. The van der Waals surface area contributed by atoms with E-state index in [1.54, 1.807) is 13.0 Å². The molecule has 5 heteroatoms. The van der Waals surface area contributed by atoms with Gasteiger partial charge in [0.05, 0.1) is 14.1 Å². The van der Waals surface area contributed by atoms with Gasteiger partial charge in [-0.3, -0.25) is 0 Å². The second-order valence-corrected chi connectivity index (χ2v) is 4.97. The maximum Gasteiger partial charge on any atom is 0.330 e. The largest absolute Gasteiger partial charge is 1.00 e. The van der Waals surface area contributed by atoms with E-state index in [0.29, 0.717) is 6.61 Å². The zero-order valence-corrected chi connectivity index (χ0v) is 13.1. The molecule has 20 heavy (non-hydrogen) atoms. The second-order valence-electron chi connectivity index (χ2n) is 4.97. The summed E-state index contributed by atoms with van der Waals surface area (Å²) >= 11 is 0. The lowest BCUT2D eigenvalue weighted by atomic mass is 10.2. The predicted octanol–water partition coefficient (Wildman–Crippen LogP) is -1.44. The summed E-state index contributed by atoms with van der Waals surface area (Å²) in [5.74, 6) is -0.266. The minimum atomic E-state index is -0.266. The Labute approximate surface area is 127 Å². The molecular formula is C15H24ClNO3. The van der Waals surface area contributed by atoms with Crippen molar-refractivity contribution in [2.45, 2.75) is 13.5 Å². The van der Waals surface area contributed by atoms with Gasteiger partial charge in [0.15, 0.2) is 0 Å². The summed E-state index contributed by atoms with van der Waals surface area (Å²) in [4.78, 5) is 11.2. The molecular weight excluding hydrogens is 278 g/mol. The monoisotopic (exact) mass is 301 g/mol. The van der Waals surface area contributed by atoms with E-state index in [4.69, 9.17) is 4.74 Å². The second kappa shape index (κ2) is 10.4. The third kappa shape index (κ3) is 8.69. The summed E-state index contributed by atoms with van der Waals surface area (Å²) < 4.78 is 5.91. The average molecular weight is 302 g/mol. The van der Waals surface area contributed by atoms with Gasteiger partial charge in [-0.05, 0) is 6.92 Å². The predicted molar refractivity (Wildman–Crippen MR) is 76.5 cm³/mol. The summed E-state index contributed by atoms with van der Waals surface area (Å²) in [5.41, 5.74) is 1.29. The number of carbonyl (C=O) groups is 1. The van der Waals surface area contributed by atoms with E-state index in [-0.39, 0.29) is 23.9 Å². The van der Waals surface area contributed by atoms with Crippen molar-refractivity contribution in [3.8, 4) is 0 Å². The number of rotatable bonds is 6. The van der Waals surface area contributed by atoms with Gasteiger partial charge in [-0.2, -0.15) is 0 Å². The number of allylic oxidation sites excluding steroid dienone is 1. The Morgan fingerprint density at radius 3 is 2.40 bits per heavy atom. The van der Waals surface area contributed by atoms with Crippen LogP contribution in [0.15, 0.2) is 42.5 Å². The van der Waals surface area contributed by atoms with Crippen molar-refractivity contribution in [3.05, 3.63) is 48.0 Å². The minimum absolute atomic E-state index is 0. The molecule has 1 aromatic carbocycles. The van der Waals surface area contributed by atoms with Crippen molar-refractivity contribution < 1.29 is 31.9 Å². The summed E-state index contributed by atoms with van der Waals surface area (Å²) in [5, 5.41) is 0. The van der Waals surface area contributed by atoms with Crippen molar-refractivity contribution in [1.29, 1.82) is 0 Å². The fraction of sp³-hybridized carbons (Fsp3) is 0.400. The average Bonchev–Trinajstić information content (AvgIpc) is 2.29. The van der Waals surface area contributed by atoms with Crippen molar-refractivity contribution >= 4 is 5.97 Å². The van der Waals surface area contributed by atoms with Crippen LogP contribution in [0.4, 0.5) is 0 Å². The van der Waals surface area contributed by atoms with Crippen LogP contribution in [-0.2, 0) is 16.1 Å². The Bertz CT molecular complexity index is 405. The maximum atomic E-state index is 11.2. The van der Waals surface area contributed by atoms with Crippen LogP contribution in [0, 0.1) is 0 Å². The van der Waals surface area contributed by atoms with Gasteiger partial charge in [-0.25, -0.2) is 4.79 Å². The zero-order valence-electron chi connectivity index (χ0n) is 12.3. The number of quaternary nitrogens is 1. The highest BCUT2D eigenvalue weighted by Crippen LogP contribution is 2.08. The molecule has 0 bridgehead atoms. The minimum Gasteiger partial charge on any atom is -1.00 e. The summed E-state index contributed by atoms with van der Waals surface area (Å²) in [7, 11) is 4.27. The lowest BCUT2D eigenvalue weighted by Crippen LogP contribution is -3.00. The van der Waals surface area contributed by atoms with Gasteiger partial charge in [0.25, 0.3) is 0 Å². The molecule has 0 saturated heterocycles. The first-order valence-corrected chi connectivity index (χ1v) is 6.19. The molecule has 0 radical (unpaired) electrons. The normalized spacial score (nSPS) is 10.6. The van der Waals surface area contributed by atoms with Gasteiger partial charge in [-0.15, -0.1) is 0 Å². The standard InChI is InChI=1S/C15H22NO2.ClH.H2O/c1-4-8-15(17)18-12-11-16(2,3)13-14-9-6-5-7-10-14;;/h4-10H,11-13H2,1-3H3;1H;1H2/q+1;;/p-1. The third-order valence-corrected chi connectivity index (χ3v) is 2.70. The highest BCUT2D eigenvalue weighted by Gasteiger charge is 2.16. The van der Waals surface area contributed by atoms with Gasteiger partial charge in [0, 0.05) is 11.6 Å². The number of benzene rings is 1. The van der Waals surface area contributed by atoms with Gasteiger partial charge in [-0.1, -0.05) is 36.4 Å². The topological polar surface area (TPSA) is 57.8 Å². The Kier molecular flexibility index (Phi) is 10.9. The Balaban J connectivity index is 0. The summed E-state index contributed by atoms with van der Waals surface area (Å²) in [6.07, 6.45) is 3.13. The molecule has 0 spiro atoms. The lowest BCUT2D eigenvalue weighted by Gasteiger charge is -2.29. The number of ether oxygens (including phenoxy) is 1. The highest BCUT2D eigenvalue weighted by atomic mass is 35.5. The van der Waals surface area contributed by atoms with Gasteiger partial charge in [0.1, 0.15) is 19.7 Å². The Hall–Kier alpha value is -1.36. The van der Waals surface area contributed by atoms with Crippen molar-refractivity contribution in [1.82, 2.24) is 0 Å². The smallest absolute Gasteiger partial charge is 0.330 e. The molecule has 2 N–H and O–H groups in total. The molecule has 0 atom stereocenters. The fourth-order valence-electron chi connectivity index (χ4n) is 1.73. The first kappa shape index (κ1) is 20.9. The van der Waals surface area contributed by atoms with E-state index >= 15 is 0 Å². The molecule has 0 aliphatic carbocycles. The maximum absolute atomic E-state index is 11.2. The highest BCUT2D eigenvalue weighted by molar-refractivity contribution is 5.81. The van der Waals surface area contributed by atoms with E-state index in [0.717, 1.165) is 17.6 Å². The summed E-state index contributed by atoms with van der Waals surface area (Å²) in [6, 6.07) is 10.3. The molecule has 4 nitrogen and oxygen atoms in total. The number of esters is 1. The molecule has 0 heterocycles. The molecule has 0 unspecified atom stereocenters. The van der Waals surface area contributed by atoms with Crippen molar-refractivity contribution in [3.63, 3.8) is 0 Å². The number of likely N-dealkylation sites (N-methyl/N-ethyl adjacent to an activating group) is 1. The number of carbonyl (C=O) groups excluding carboxylic acids is 1. The Morgan fingerprint density at radius 1 is 1.25 bits per heavy atom. The van der Waals surface area contributed by atoms with Crippen LogP contribution in [0.1, 0.15) is 12.5 Å². The molecule has 0 aromatic heterocycles. The third-order valence-electron chi connectivity index (χ3n) is 2.70. The van der Waals surface area contributed by atoms with E-state index in [9.17, 15) is 4.79 Å². The molecule has 0 saturated carbocycles. The van der Waals surface area contributed by atoms with Crippen LogP contribution in [0.5, 0.6) is 0 Å².